The lowest BCUT2D eigenvalue weighted by atomic mass is 10.00. The van der Waals surface area contributed by atoms with Gasteiger partial charge in [0.05, 0.1) is 0 Å². The van der Waals surface area contributed by atoms with Crippen LogP contribution in [0.2, 0.25) is 0 Å². The van der Waals surface area contributed by atoms with Gasteiger partial charge in [0, 0.05) is 24.6 Å². The van der Waals surface area contributed by atoms with Crippen molar-refractivity contribution in [1.29, 1.82) is 0 Å². The first kappa shape index (κ1) is 20.8. The molecule has 152 valence electrons. The van der Waals surface area contributed by atoms with E-state index in [0.29, 0.717) is 11.3 Å². The largest absolute Gasteiger partial charge is 0.368 e. The Morgan fingerprint density at radius 1 is 0.867 bits per heavy atom. The van der Waals surface area contributed by atoms with Gasteiger partial charge in [-0.3, -0.25) is 14.4 Å². The monoisotopic (exact) mass is 401 g/mol. The summed E-state index contributed by atoms with van der Waals surface area (Å²) < 4.78 is 0. The fourth-order valence-electron chi connectivity index (χ4n) is 3.11. The van der Waals surface area contributed by atoms with Gasteiger partial charge in [-0.2, -0.15) is 0 Å². The molecule has 4 N–H and O–H groups in total. The molecule has 0 aliphatic rings. The van der Waals surface area contributed by atoms with Crippen LogP contribution < -0.4 is 16.4 Å². The van der Waals surface area contributed by atoms with Gasteiger partial charge in [0.2, 0.25) is 11.8 Å². The number of hydrogen-bond acceptors (Lipinski definition) is 3. The molecular formula is C24H23N3O3. The third-order valence-corrected chi connectivity index (χ3v) is 4.59. The highest BCUT2D eigenvalue weighted by Gasteiger charge is 2.20. The van der Waals surface area contributed by atoms with Crippen molar-refractivity contribution in [2.24, 2.45) is 5.73 Å². The Bertz CT molecular complexity index is 1050. The summed E-state index contributed by atoms with van der Waals surface area (Å²) in [6.45, 7) is 1.39. The van der Waals surface area contributed by atoms with Gasteiger partial charge < -0.3 is 16.4 Å². The van der Waals surface area contributed by atoms with E-state index in [2.05, 4.69) is 10.6 Å². The quantitative estimate of drug-likeness (QED) is 0.567. The molecule has 0 fully saturated rings. The van der Waals surface area contributed by atoms with Gasteiger partial charge in [-0.15, -0.1) is 0 Å². The average Bonchev–Trinajstić information content (AvgIpc) is 2.74. The van der Waals surface area contributed by atoms with E-state index in [9.17, 15) is 14.4 Å². The van der Waals surface area contributed by atoms with Crippen LogP contribution in [0.15, 0.2) is 78.9 Å². The number of carbonyl (C=O) groups excluding carboxylic acids is 3. The molecule has 3 rings (SSSR count). The van der Waals surface area contributed by atoms with Gasteiger partial charge >= 0.3 is 0 Å². The Balaban J connectivity index is 1.70. The zero-order valence-corrected chi connectivity index (χ0v) is 16.6. The summed E-state index contributed by atoms with van der Waals surface area (Å²) in [5.74, 6) is -1.29. The second kappa shape index (κ2) is 9.52. The van der Waals surface area contributed by atoms with Crippen molar-refractivity contribution in [3.63, 3.8) is 0 Å². The van der Waals surface area contributed by atoms with E-state index < -0.39 is 17.9 Å². The second-order valence-corrected chi connectivity index (χ2v) is 6.96. The molecule has 6 nitrogen and oxygen atoms in total. The van der Waals surface area contributed by atoms with Crippen molar-refractivity contribution < 1.29 is 14.4 Å². The molecule has 0 heterocycles. The first-order valence-corrected chi connectivity index (χ1v) is 9.54. The minimum atomic E-state index is -0.857. The van der Waals surface area contributed by atoms with Gasteiger partial charge in [-0.05, 0) is 34.9 Å². The maximum atomic E-state index is 12.6. The summed E-state index contributed by atoms with van der Waals surface area (Å²) in [6.07, 6.45) is 0.279. The van der Waals surface area contributed by atoms with Gasteiger partial charge in [-0.25, -0.2) is 0 Å². The summed E-state index contributed by atoms with van der Waals surface area (Å²) in [5.41, 5.74) is 9.39. The predicted octanol–water partition coefficient (Wildman–Crippen LogP) is 3.14. The Labute approximate surface area is 175 Å². The summed E-state index contributed by atoms with van der Waals surface area (Å²) in [6, 6.07) is 23.4. The van der Waals surface area contributed by atoms with Crippen molar-refractivity contribution in [2.45, 2.75) is 19.4 Å². The van der Waals surface area contributed by atoms with Crippen LogP contribution in [0.3, 0.4) is 0 Å². The predicted molar refractivity (Wildman–Crippen MR) is 117 cm³/mol. The lowest BCUT2D eigenvalue weighted by Crippen LogP contribution is -2.45. The molecule has 3 aromatic carbocycles. The van der Waals surface area contributed by atoms with Gasteiger partial charge in [-0.1, -0.05) is 60.7 Å². The van der Waals surface area contributed by atoms with Gasteiger partial charge in [0.1, 0.15) is 6.04 Å². The fourth-order valence-corrected chi connectivity index (χ4v) is 3.11. The smallest absolute Gasteiger partial charge is 0.252 e. The van der Waals surface area contributed by atoms with Crippen molar-refractivity contribution in [1.82, 2.24) is 5.32 Å². The molecule has 6 heteroatoms. The number of nitrogens with one attached hydrogen (secondary N) is 2. The number of nitrogens with two attached hydrogens (primary N) is 1. The van der Waals surface area contributed by atoms with Gasteiger partial charge in [0.15, 0.2) is 0 Å². The first-order valence-electron chi connectivity index (χ1n) is 9.54. The maximum absolute atomic E-state index is 12.6. The van der Waals surface area contributed by atoms with Crippen LogP contribution in [-0.2, 0) is 16.0 Å². The average molecular weight is 401 g/mol. The van der Waals surface area contributed by atoms with E-state index in [0.717, 1.165) is 16.7 Å². The second-order valence-electron chi connectivity index (χ2n) is 6.96. The molecule has 0 saturated carbocycles. The molecule has 0 aliphatic carbocycles. The molecule has 0 spiro atoms. The molecule has 0 aromatic heterocycles. The summed E-state index contributed by atoms with van der Waals surface area (Å²) >= 11 is 0. The van der Waals surface area contributed by atoms with Crippen LogP contribution >= 0.6 is 0 Å². The molecule has 3 amide bonds. The Hall–Kier alpha value is -3.93. The number of benzene rings is 3. The molecule has 0 bridgehead atoms. The maximum Gasteiger partial charge on any atom is 0.252 e. The van der Waals surface area contributed by atoms with Crippen molar-refractivity contribution in [3.05, 3.63) is 90.0 Å². The minimum absolute atomic E-state index is 0.235. The zero-order valence-electron chi connectivity index (χ0n) is 16.6. The highest BCUT2D eigenvalue weighted by atomic mass is 16.2. The SMILES string of the molecule is CC(=O)Nc1cccc(C(=O)N[C@@H](Cc2ccc(-c3ccccc3)cc2)C(N)=O)c1. The number of hydrogen-bond donors (Lipinski definition) is 3. The van der Waals surface area contributed by atoms with Crippen LogP contribution in [0.1, 0.15) is 22.8 Å². The Morgan fingerprint density at radius 3 is 2.17 bits per heavy atom. The van der Waals surface area contributed by atoms with Gasteiger partial charge in [0.25, 0.3) is 5.91 Å². The van der Waals surface area contributed by atoms with E-state index in [4.69, 9.17) is 5.73 Å². The Kier molecular flexibility index (Phi) is 6.60. The molecule has 0 aliphatic heterocycles. The van der Waals surface area contributed by atoms with Crippen LogP contribution in [-0.4, -0.2) is 23.8 Å². The number of carbonyl (C=O) groups is 3. The first-order chi connectivity index (χ1) is 14.4. The highest BCUT2D eigenvalue weighted by Crippen LogP contribution is 2.20. The number of anilines is 1. The van der Waals surface area contributed by atoms with Crippen molar-refractivity contribution in [3.8, 4) is 11.1 Å². The minimum Gasteiger partial charge on any atom is -0.368 e. The standard InChI is InChI=1S/C24H23N3O3/c1-16(28)26-21-9-5-8-20(15-21)24(30)27-22(23(25)29)14-17-10-12-19(13-11-17)18-6-3-2-4-7-18/h2-13,15,22H,14H2,1H3,(H2,25,29)(H,26,28)(H,27,30)/t22-/m0/s1. The molecule has 0 unspecified atom stereocenters. The summed E-state index contributed by atoms with van der Waals surface area (Å²) in [7, 11) is 0. The number of primary amides is 1. The van der Waals surface area contributed by atoms with E-state index in [1.807, 2.05) is 54.6 Å². The number of amides is 3. The summed E-state index contributed by atoms with van der Waals surface area (Å²) in [4.78, 5) is 35.7. The third kappa shape index (κ3) is 5.54. The highest BCUT2D eigenvalue weighted by molar-refractivity contribution is 5.99. The molecule has 30 heavy (non-hydrogen) atoms. The fraction of sp³-hybridized carbons (Fsp3) is 0.125. The zero-order chi connectivity index (χ0) is 21.5. The molecule has 0 saturated heterocycles. The van der Waals surface area contributed by atoms with E-state index >= 15 is 0 Å². The topological polar surface area (TPSA) is 101 Å². The van der Waals surface area contributed by atoms with Crippen molar-refractivity contribution in [2.75, 3.05) is 5.32 Å². The van der Waals surface area contributed by atoms with Crippen LogP contribution in [0.25, 0.3) is 11.1 Å². The van der Waals surface area contributed by atoms with E-state index in [1.165, 1.54) is 6.92 Å². The normalized spacial score (nSPS) is 11.4. The van der Waals surface area contributed by atoms with Crippen molar-refractivity contribution >= 4 is 23.4 Å². The van der Waals surface area contributed by atoms with Crippen LogP contribution in [0.5, 0.6) is 0 Å². The van der Waals surface area contributed by atoms with Crippen LogP contribution in [0, 0.1) is 0 Å². The third-order valence-electron chi connectivity index (χ3n) is 4.59. The summed E-state index contributed by atoms with van der Waals surface area (Å²) in [5, 5.41) is 5.31. The molecule has 1 atom stereocenters. The molecular weight excluding hydrogens is 378 g/mol. The lowest BCUT2D eigenvalue weighted by molar-refractivity contribution is -0.119. The Morgan fingerprint density at radius 2 is 1.53 bits per heavy atom. The lowest BCUT2D eigenvalue weighted by Gasteiger charge is -2.16. The molecule has 3 aromatic rings. The number of rotatable bonds is 7. The van der Waals surface area contributed by atoms with E-state index in [-0.39, 0.29) is 12.3 Å². The van der Waals surface area contributed by atoms with E-state index in [1.54, 1.807) is 24.3 Å². The molecule has 0 radical (unpaired) electrons. The van der Waals surface area contributed by atoms with Crippen LogP contribution in [0.4, 0.5) is 5.69 Å².